The number of furan rings is 1. The van der Waals surface area contributed by atoms with E-state index in [2.05, 4.69) is 5.32 Å². The SMILES string of the molecule is COCCCN1C(=O)/C(=C\c2ccc(COc3ccc(F)cc3)o2)NC1=S. The number of thiocarbonyl (C=S) groups is 1. The first-order chi connectivity index (χ1) is 13.1. The van der Waals surface area contributed by atoms with Crippen molar-refractivity contribution in [1.82, 2.24) is 10.2 Å². The van der Waals surface area contributed by atoms with Gasteiger partial charge < -0.3 is 19.2 Å². The number of hydrogen-bond acceptors (Lipinski definition) is 5. The highest BCUT2D eigenvalue weighted by Gasteiger charge is 2.30. The molecule has 1 aliphatic heterocycles. The Bertz CT molecular complexity index is 848. The van der Waals surface area contributed by atoms with Crippen LogP contribution in [0.3, 0.4) is 0 Å². The second-order valence-electron chi connectivity index (χ2n) is 5.84. The van der Waals surface area contributed by atoms with E-state index < -0.39 is 0 Å². The highest BCUT2D eigenvalue weighted by atomic mass is 32.1. The summed E-state index contributed by atoms with van der Waals surface area (Å²) in [7, 11) is 1.61. The molecule has 0 unspecified atom stereocenters. The summed E-state index contributed by atoms with van der Waals surface area (Å²) in [6, 6.07) is 9.23. The number of halogens is 1. The van der Waals surface area contributed by atoms with E-state index in [1.807, 2.05) is 0 Å². The van der Waals surface area contributed by atoms with E-state index in [0.29, 0.717) is 47.7 Å². The van der Waals surface area contributed by atoms with E-state index in [0.717, 1.165) is 0 Å². The molecular formula is C19H19FN2O4S. The van der Waals surface area contributed by atoms with Crippen LogP contribution in [0.1, 0.15) is 17.9 Å². The lowest BCUT2D eigenvalue weighted by Gasteiger charge is -2.12. The van der Waals surface area contributed by atoms with Gasteiger partial charge in [0.25, 0.3) is 5.91 Å². The number of benzene rings is 1. The molecule has 142 valence electrons. The van der Waals surface area contributed by atoms with Gasteiger partial charge in [-0.2, -0.15) is 0 Å². The van der Waals surface area contributed by atoms with Crippen LogP contribution in [0, 0.1) is 5.82 Å². The fourth-order valence-corrected chi connectivity index (χ4v) is 2.80. The molecule has 1 N–H and O–H groups in total. The molecule has 1 aromatic carbocycles. The predicted molar refractivity (Wildman–Crippen MR) is 101 cm³/mol. The molecule has 1 saturated heterocycles. The number of nitrogens with zero attached hydrogens (tertiary/aromatic N) is 1. The Morgan fingerprint density at radius 2 is 2.04 bits per heavy atom. The van der Waals surface area contributed by atoms with Gasteiger partial charge in [-0.25, -0.2) is 4.39 Å². The first-order valence-electron chi connectivity index (χ1n) is 8.37. The third-order valence-electron chi connectivity index (χ3n) is 3.86. The minimum atomic E-state index is -0.322. The first kappa shape index (κ1) is 19.1. The van der Waals surface area contributed by atoms with Crippen molar-refractivity contribution in [2.75, 3.05) is 20.3 Å². The summed E-state index contributed by atoms with van der Waals surface area (Å²) in [5.74, 6) is 1.10. The Hall–Kier alpha value is -2.71. The Morgan fingerprint density at radius 3 is 2.78 bits per heavy atom. The third-order valence-corrected chi connectivity index (χ3v) is 4.18. The lowest BCUT2D eigenvalue weighted by Crippen LogP contribution is -2.32. The van der Waals surface area contributed by atoms with E-state index in [1.165, 1.54) is 17.0 Å². The largest absolute Gasteiger partial charge is 0.486 e. The number of methoxy groups -OCH3 is 1. The van der Waals surface area contributed by atoms with Crippen molar-refractivity contribution in [3.8, 4) is 5.75 Å². The number of amides is 1. The maximum atomic E-state index is 12.9. The van der Waals surface area contributed by atoms with Gasteiger partial charge in [-0.1, -0.05) is 0 Å². The van der Waals surface area contributed by atoms with Gasteiger partial charge in [0, 0.05) is 26.3 Å². The molecule has 1 fully saturated rings. The molecule has 6 nitrogen and oxygen atoms in total. The Balaban J connectivity index is 1.60. The number of carbonyl (C=O) groups is 1. The van der Waals surface area contributed by atoms with E-state index in [-0.39, 0.29) is 18.3 Å². The number of rotatable bonds is 8. The zero-order valence-electron chi connectivity index (χ0n) is 14.7. The molecule has 2 heterocycles. The van der Waals surface area contributed by atoms with Crippen LogP contribution in [-0.4, -0.2) is 36.2 Å². The molecule has 8 heteroatoms. The van der Waals surface area contributed by atoms with E-state index in [9.17, 15) is 9.18 Å². The van der Waals surface area contributed by atoms with Crippen LogP contribution in [0.5, 0.6) is 5.75 Å². The molecule has 2 aromatic rings. The summed E-state index contributed by atoms with van der Waals surface area (Å²) in [6.45, 7) is 1.24. The highest BCUT2D eigenvalue weighted by Crippen LogP contribution is 2.18. The smallest absolute Gasteiger partial charge is 0.276 e. The summed E-state index contributed by atoms with van der Waals surface area (Å²) < 4.78 is 29.1. The topological polar surface area (TPSA) is 63.9 Å². The van der Waals surface area contributed by atoms with E-state index in [4.69, 9.17) is 26.1 Å². The Labute approximate surface area is 161 Å². The average molecular weight is 390 g/mol. The molecular weight excluding hydrogens is 371 g/mol. The van der Waals surface area contributed by atoms with Crippen LogP contribution in [0.4, 0.5) is 4.39 Å². The number of ether oxygens (including phenoxy) is 2. The standard InChI is InChI=1S/C19H19FN2O4S/c1-24-10-2-9-22-18(23)17(21-19(22)27)11-15-7-8-16(26-15)12-25-14-5-3-13(20)4-6-14/h3-8,11H,2,9-10,12H2,1H3,(H,21,27)/b17-11+. The normalized spacial score (nSPS) is 15.5. The molecule has 0 aliphatic carbocycles. The summed E-state index contributed by atoms with van der Waals surface area (Å²) >= 11 is 5.21. The molecule has 0 bridgehead atoms. The molecule has 0 spiro atoms. The number of hydrogen-bond donors (Lipinski definition) is 1. The van der Waals surface area contributed by atoms with Gasteiger partial charge in [0.05, 0.1) is 0 Å². The molecule has 0 saturated carbocycles. The van der Waals surface area contributed by atoms with Gasteiger partial charge in [-0.05, 0) is 55.0 Å². The van der Waals surface area contributed by atoms with Crippen LogP contribution in [-0.2, 0) is 16.1 Å². The quantitative estimate of drug-likeness (QED) is 0.425. The van der Waals surface area contributed by atoms with Crippen LogP contribution in [0.15, 0.2) is 46.5 Å². The minimum Gasteiger partial charge on any atom is -0.486 e. The summed E-state index contributed by atoms with van der Waals surface area (Å²) in [4.78, 5) is 13.9. The molecule has 3 rings (SSSR count). The Morgan fingerprint density at radius 1 is 1.26 bits per heavy atom. The van der Waals surface area contributed by atoms with Gasteiger partial charge in [0.1, 0.15) is 35.4 Å². The van der Waals surface area contributed by atoms with Crippen molar-refractivity contribution < 1.29 is 23.1 Å². The van der Waals surface area contributed by atoms with Crippen LogP contribution in [0.25, 0.3) is 6.08 Å². The zero-order valence-corrected chi connectivity index (χ0v) is 15.6. The van der Waals surface area contributed by atoms with Crippen molar-refractivity contribution in [2.24, 2.45) is 0 Å². The summed E-state index contributed by atoms with van der Waals surface area (Å²) in [5, 5.41) is 3.27. The molecule has 0 atom stereocenters. The fraction of sp³-hybridized carbons (Fsp3) is 0.263. The van der Waals surface area contributed by atoms with Gasteiger partial charge >= 0.3 is 0 Å². The second-order valence-corrected chi connectivity index (χ2v) is 6.22. The minimum absolute atomic E-state index is 0.192. The van der Waals surface area contributed by atoms with E-state index >= 15 is 0 Å². The maximum Gasteiger partial charge on any atom is 0.276 e. The van der Waals surface area contributed by atoms with Crippen molar-refractivity contribution in [3.05, 3.63) is 59.4 Å². The van der Waals surface area contributed by atoms with Crippen molar-refractivity contribution in [2.45, 2.75) is 13.0 Å². The van der Waals surface area contributed by atoms with Crippen LogP contribution >= 0.6 is 12.2 Å². The van der Waals surface area contributed by atoms with Crippen molar-refractivity contribution in [1.29, 1.82) is 0 Å². The zero-order chi connectivity index (χ0) is 19.2. The molecule has 1 aliphatic rings. The third kappa shape index (κ3) is 4.93. The number of carbonyl (C=O) groups excluding carboxylic acids is 1. The van der Waals surface area contributed by atoms with Gasteiger partial charge in [-0.3, -0.25) is 9.69 Å². The highest BCUT2D eigenvalue weighted by molar-refractivity contribution is 7.80. The molecule has 1 aromatic heterocycles. The second kappa shape index (κ2) is 8.79. The number of nitrogens with one attached hydrogen (secondary N) is 1. The van der Waals surface area contributed by atoms with Gasteiger partial charge in [0.2, 0.25) is 0 Å². The van der Waals surface area contributed by atoms with Gasteiger partial charge in [0.15, 0.2) is 5.11 Å². The maximum absolute atomic E-state index is 12.9. The molecule has 1 amide bonds. The average Bonchev–Trinajstić information content (AvgIpc) is 3.21. The first-order valence-corrected chi connectivity index (χ1v) is 8.78. The van der Waals surface area contributed by atoms with E-state index in [1.54, 1.807) is 37.5 Å². The van der Waals surface area contributed by atoms with Gasteiger partial charge in [-0.15, -0.1) is 0 Å². The lowest BCUT2D eigenvalue weighted by molar-refractivity contribution is -0.122. The Kier molecular flexibility index (Phi) is 6.20. The van der Waals surface area contributed by atoms with Crippen LogP contribution in [0.2, 0.25) is 0 Å². The lowest BCUT2D eigenvalue weighted by atomic mass is 10.3. The fourth-order valence-electron chi connectivity index (χ4n) is 2.52. The predicted octanol–water partition coefficient (Wildman–Crippen LogP) is 3.09. The van der Waals surface area contributed by atoms with Crippen LogP contribution < -0.4 is 10.1 Å². The van der Waals surface area contributed by atoms with Crippen molar-refractivity contribution >= 4 is 29.3 Å². The summed E-state index contributed by atoms with van der Waals surface area (Å²) in [6.07, 6.45) is 2.30. The molecule has 0 radical (unpaired) electrons. The molecule has 27 heavy (non-hydrogen) atoms. The monoisotopic (exact) mass is 390 g/mol. The van der Waals surface area contributed by atoms with Crippen molar-refractivity contribution in [3.63, 3.8) is 0 Å². The summed E-state index contributed by atoms with van der Waals surface area (Å²) in [5.41, 5.74) is 0.359.